The summed E-state index contributed by atoms with van der Waals surface area (Å²) in [6.07, 6.45) is 0. The van der Waals surface area contributed by atoms with Crippen LogP contribution in [0.3, 0.4) is 0 Å². The Bertz CT molecular complexity index is 418. The van der Waals surface area contributed by atoms with Gasteiger partial charge in [0, 0.05) is 19.1 Å². The van der Waals surface area contributed by atoms with Gasteiger partial charge in [0.15, 0.2) is 0 Å². The number of nitrogen functional groups attached to an aromatic ring is 1. The lowest BCUT2D eigenvalue weighted by atomic mass is 10.1. The lowest BCUT2D eigenvalue weighted by Crippen LogP contribution is -2.34. The maximum absolute atomic E-state index is 11.5. The van der Waals surface area contributed by atoms with Crippen LogP contribution in [0.15, 0.2) is 18.2 Å². The molecule has 0 aliphatic carbocycles. The SMILES string of the molecule is CC(C)CN(Cc1cccc(C(=O)NN)n1)C(C)C. The van der Waals surface area contributed by atoms with Crippen LogP contribution in [0.2, 0.25) is 0 Å². The van der Waals surface area contributed by atoms with Gasteiger partial charge in [-0.15, -0.1) is 0 Å². The molecule has 0 bridgehead atoms. The van der Waals surface area contributed by atoms with Crippen molar-refractivity contribution >= 4 is 5.91 Å². The van der Waals surface area contributed by atoms with Crippen LogP contribution in [0, 0.1) is 5.92 Å². The van der Waals surface area contributed by atoms with Crippen LogP contribution in [0.4, 0.5) is 0 Å². The van der Waals surface area contributed by atoms with Crippen molar-refractivity contribution in [3.8, 4) is 0 Å². The Labute approximate surface area is 115 Å². The lowest BCUT2D eigenvalue weighted by molar-refractivity contribution is 0.0948. The Morgan fingerprint density at radius 2 is 2.05 bits per heavy atom. The minimum absolute atomic E-state index is 0.355. The number of aromatic nitrogens is 1. The Morgan fingerprint density at radius 3 is 2.58 bits per heavy atom. The molecule has 1 aromatic rings. The van der Waals surface area contributed by atoms with Crippen molar-refractivity contribution in [2.45, 2.75) is 40.3 Å². The third-order valence-electron chi connectivity index (χ3n) is 2.87. The molecule has 0 aliphatic heterocycles. The first-order valence-corrected chi connectivity index (χ1v) is 6.65. The second kappa shape index (κ2) is 7.21. The average molecular weight is 264 g/mol. The number of carbonyl (C=O) groups excluding carboxylic acids is 1. The topological polar surface area (TPSA) is 71.2 Å². The van der Waals surface area contributed by atoms with Gasteiger partial charge in [-0.2, -0.15) is 0 Å². The number of nitrogens with one attached hydrogen (secondary N) is 1. The van der Waals surface area contributed by atoms with Crippen molar-refractivity contribution < 1.29 is 4.79 Å². The molecule has 19 heavy (non-hydrogen) atoms. The smallest absolute Gasteiger partial charge is 0.283 e. The van der Waals surface area contributed by atoms with Gasteiger partial charge in [-0.05, 0) is 31.9 Å². The number of hydrazine groups is 1. The van der Waals surface area contributed by atoms with Gasteiger partial charge in [-0.25, -0.2) is 10.8 Å². The molecule has 5 nitrogen and oxygen atoms in total. The molecule has 0 atom stereocenters. The summed E-state index contributed by atoms with van der Waals surface area (Å²) in [5.41, 5.74) is 3.34. The van der Waals surface area contributed by atoms with Crippen LogP contribution in [-0.4, -0.2) is 28.4 Å². The molecule has 1 heterocycles. The van der Waals surface area contributed by atoms with Crippen LogP contribution in [-0.2, 0) is 6.54 Å². The van der Waals surface area contributed by atoms with E-state index in [1.165, 1.54) is 0 Å². The molecule has 3 N–H and O–H groups in total. The Balaban J connectivity index is 2.81. The molecule has 106 valence electrons. The minimum atomic E-state index is -0.359. The molecule has 0 saturated heterocycles. The second-order valence-electron chi connectivity index (χ2n) is 5.40. The zero-order valence-electron chi connectivity index (χ0n) is 12.2. The maximum Gasteiger partial charge on any atom is 0.283 e. The summed E-state index contributed by atoms with van der Waals surface area (Å²) in [5, 5.41) is 0. The summed E-state index contributed by atoms with van der Waals surface area (Å²) >= 11 is 0. The number of rotatable bonds is 6. The predicted octanol–water partition coefficient (Wildman–Crippen LogP) is 1.55. The van der Waals surface area contributed by atoms with Crippen molar-refractivity contribution in [2.75, 3.05) is 6.54 Å². The first-order chi connectivity index (χ1) is 8.93. The highest BCUT2D eigenvalue weighted by molar-refractivity contribution is 5.91. The van der Waals surface area contributed by atoms with Crippen molar-refractivity contribution in [1.82, 2.24) is 15.3 Å². The molecule has 1 aromatic heterocycles. The highest BCUT2D eigenvalue weighted by Gasteiger charge is 2.13. The molecule has 0 fully saturated rings. The minimum Gasteiger partial charge on any atom is -0.295 e. The third kappa shape index (κ3) is 4.96. The highest BCUT2D eigenvalue weighted by atomic mass is 16.2. The van der Waals surface area contributed by atoms with Crippen LogP contribution in [0.5, 0.6) is 0 Å². The molecule has 0 radical (unpaired) electrons. The molecular formula is C14H24N4O. The molecule has 1 amide bonds. The first-order valence-electron chi connectivity index (χ1n) is 6.65. The first kappa shape index (κ1) is 15.6. The van der Waals surface area contributed by atoms with Crippen LogP contribution in [0.1, 0.15) is 43.9 Å². The second-order valence-corrected chi connectivity index (χ2v) is 5.40. The van der Waals surface area contributed by atoms with E-state index in [1.54, 1.807) is 6.07 Å². The van der Waals surface area contributed by atoms with Gasteiger partial charge >= 0.3 is 0 Å². The summed E-state index contributed by atoms with van der Waals surface area (Å²) in [6, 6.07) is 5.87. The van der Waals surface area contributed by atoms with Gasteiger partial charge < -0.3 is 0 Å². The van der Waals surface area contributed by atoms with Gasteiger partial charge in [0.1, 0.15) is 5.69 Å². The highest BCUT2D eigenvalue weighted by Crippen LogP contribution is 2.10. The van der Waals surface area contributed by atoms with Crippen LogP contribution < -0.4 is 11.3 Å². The Hall–Kier alpha value is -1.46. The van der Waals surface area contributed by atoms with E-state index in [0.717, 1.165) is 18.8 Å². The van der Waals surface area contributed by atoms with E-state index in [2.05, 4.69) is 43.0 Å². The zero-order valence-corrected chi connectivity index (χ0v) is 12.2. The molecule has 0 unspecified atom stereocenters. The van der Waals surface area contributed by atoms with Crippen LogP contribution in [0.25, 0.3) is 0 Å². The van der Waals surface area contributed by atoms with Crippen molar-refractivity contribution in [3.05, 3.63) is 29.6 Å². The summed E-state index contributed by atoms with van der Waals surface area (Å²) in [4.78, 5) is 18.1. The van der Waals surface area contributed by atoms with Crippen molar-refractivity contribution in [1.29, 1.82) is 0 Å². The van der Waals surface area contributed by atoms with Gasteiger partial charge in [0.2, 0.25) is 0 Å². The summed E-state index contributed by atoms with van der Waals surface area (Å²) < 4.78 is 0. The summed E-state index contributed by atoms with van der Waals surface area (Å²) in [5.74, 6) is 5.36. The molecule has 5 heteroatoms. The van der Waals surface area contributed by atoms with E-state index in [-0.39, 0.29) is 5.91 Å². The number of pyridine rings is 1. The van der Waals surface area contributed by atoms with E-state index < -0.39 is 0 Å². The monoisotopic (exact) mass is 264 g/mol. The van der Waals surface area contributed by atoms with E-state index in [0.29, 0.717) is 17.7 Å². The zero-order chi connectivity index (χ0) is 14.4. The largest absolute Gasteiger partial charge is 0.295 e. The average Bonchev–Trinajstić information content (AvgIpc) is 2.36. The van der Waals surface area contributed by atoms with E-state index >= 15 is 0 Å². The fourth-order valence-electron chi connectivity index (χ4n) is 1.90. The number of hydrogen-bond donors (Lipinski definition) is 2. The predicted molar refractivity (Wildman–Crippen MR) is 76.3 cm³/mol. The van der Waals surface area contributed by atoms with Crippen molar-refractivity contribution in [2.24, 2.45) is 11.8 Å². The molecule has 1 rings (SSSR count). The standard InChI is InChI=1S/C14H24N4O/c1-10(2)8-18(11(3)4)9-12-6-5-7-13(16-12)14(19)17-15/h5-7,10-11H,8-9,15H2,1-4H3,(H,17,19). The van der Waals surface area contributed by atoms with Gasteiger partial charge in [-0.3, -0.25) is 15.1 Å². The number of carbonyl (C=O) groups is 1. The fraction of sp³-hybridized carbons (Fsp3) is 0.571. The molecule has 0 aliphatic rings. The maximum atomic E-state index is 11.5. The molecule has 0 spiro atoms. The van der Waals surface area contributed by atoms with E-state index in [1.807, 2.05) is 12.1 Å². The lowest BCUT2D eigenvalue weighted by Gasteiger charge is -2.27. The Morgan fingerprint density at radius 1 is 1.37 bits per heavy atom. The number of nitrogens with two attached hydrogens (primary N) is 1. The number of nitrogens with zero attached hydrogens (tertiary/aromatic N) is 2. The summed E-state index contributed by atoms with van der Waals surface area (Å²) in [6.45, 7) is 10.5. The van der Waals surface area contributed by atoms with Crippen LogP contribution >= 0.6 is 0 Å². The normalized spacial score (nSPS) is 11.4. The van der Waals surface area contributed by atoms with E-state index in [4.69, 9.17) is 5.84 Å². The van der Waals surface area contributed by atoms with Crippen molar-refractivity contribution in [3.63, 3.8) is 0 Å². The van der Waals surface area contributed by atoms with Gasteiger partial charge in [0.05, 0.1) is 5.69 Å². The Kier molecular flexibility index (Phi) is 5.92. The molecule has 0 aromatic carbocycles. The number of hydrogen-bond acceptors (Lipinski definition) is 4. The quantitative estimate of drug-likeness (QED) is 0.464. The molecular weight excluding hydrogens is 240 g/mol. The summed E-state index contributed by atoms with van der Waals surface area (Å²) in [7, 11) is 0. The fourth-order valence-corrected chi connectivity index (χ4v) is 1.90. The van der Waals surface area contributed by atoms with Gasteiger partial charge in [-0.1, -0.05) is 19.9 Å². The van der Waals surface area contributed by atoms with E-state index in [9.17, 15) is 4.79 Å². The van der Waals surface area contributed by atoms with Gasteiger partial charge in [0.25, 0.3) is 5.91 Å². The molecule has 0 saturated carbocycles. The number of amides is 1. The third-order valence-corrected chi connectivity index (χ3v) is 2.87.